The fourth-order valence-corrected chi connectivity index (χ4v) is 1.79. The fourth-order valence-electron chi connectivity index (χ4n) is 1.79. The first kappa shape index (κ1) is 17.7. The van der Waals surface area contributed by atoms with Crippen LogP contribution in [0.3, 0.4) is 0 Å². The molecule has 0 radical (unpaired) electrons. The molecule has 0 heterocycles. The number of amides is 3. The Labute approximate surface area is 130 Å². The number of nitrogens with one attached hydrogen (secondary N) is 3. The van der Waals surface area contributed by atoms with Crippen LogP contribution < -0.4 is 16.0 Å². The summed E-state index contributed by atoms with van der Waals surface area (Å²) in [4.78, 5) is 34.2. The van der Waals surface area contributed by atoms with Crippen LogP contribution in [-0.2, 0) is 9.59 Å². The molecule has 3 N–H and O–H groups in total. The molecule has 6 heteroatoms. The van der Waals surface area contributed by atoms with Crippen LogP contribution in [0, 0.1) is 0 Å². The predicted octanol–water partition coefficient (Wildman–Crippen LogP) is 1.68. The Morgan fingerprint density at radius 1 is 1.09 bits per heavy atom. The second-order valence-corrected chi connectivity index (χ2v) is 5.34. The maximum Gasteiger partial charge on any atom is 0.251 e. The molecular weight excluding hydrogens is 282 g/mol. The molecule has 0 spiro atoms. The van der Waals surface area contributed by atoms with Crippen LogP contribution in [0.15, 0.2) is 24.3 Å². The van der Waals surface area contributed by atoms with E-state index in [9.17, 15) is 14.4 Å². The summed E-state index contributed by atoms with van der Waals surface area (Å²) >= 11 is 0. The van der Waals surface area contributed by atoms with E-state index in [1.165, 1.54) is 6.92 Å². The van der Waals surface area contributed by atoms with Gasteiger partial charge < -0.3 is 16.0 Å². The third kappa shape index (κ3) is 6.88. The SMILES string of the molecule is CC(=O)NCCCC(=O)Nc1ccc(C(=O)NC(C)C)cc1. The van der Waals surface area contributed by atoms with E-state index in [1.54, 1.807) is 24.3 Å². The highest BCUT2D eigenvalue weighted by molar-refractivity contribution is 5.95. The number of hydrogen-bond acceptors (Lipinski definition) is 3. The van der Waals surface area contributed by atoms with E-state index in [0.29, 0.717) is 30.6 Å². The highest BCUT2D eigenvalue weighted by atomic mass is 16.2. The van der Waals surface area contributed by atoms with Gasteiger partial charge in [-0.25, -0.2) is 0 Å². The first-order valence-corrected chi connectivity index (χ1v) is 7.33. The Bertz CT molecular complexity index is 524. The lowest BCUT2D eigenvalue weighted by molar-refractivity contribution is -0.119. The molecule has 0 aromatic heterocycles. The molecule has 0 saturated heterocycles. The first-order chi connectivity index (χ1) is 10.4. The van der Waals surface area contributed by atoms with Crippen molar-refractivity contribution < 1.29 is 14.4 Å². The number of carbonyl (C=O) groups is 3. The smallest absolute Gasteiger partial charge is 0.251 e. The largest absolute Gasteiger partial charge is 0.356 e. The summed E-state index contributed by atoms with van der Waals surface area (Å²) in [6.07, 6.45) is 0.913. The molecule has 0 aliphatic rings. The molecule has 1 aromatic rings. The highest BCUT2D eigenvalue weighted by Crippen LogP contribution is 2.10. The number of benzene rings is 1. The molecule has 22 heavy (non-hydrogen) atoms. The van der Waals surface area contributed by atoms with Crippen molar-refractivity contribution in [2.24, 2.45) is 0 Å². The molecule has 3 amide bonds. The number of carbonyl (C=O) groups excluding carboxylic acids is 3. The zero-order valence-electron chi connectivity index (χ0n) is 13.2. The van der Waals surface area contributed by atoms with E-state index >= 15 is 0 Å². The van der Waals surface area contributed by atoms with Crippen LogP contribution in [0.5, 0.6) is 0 Å². The van der Waals surface area contributed by atoms with Crippen LogP contribution in [0.25, 0.3) is 0 Å². The van der Waals surface area contributed by atoms with Crippen LogP contribution in [0.4, 0.5) is 5.69 Å². The van der Waals surface area contributed by atoms with Crippen molar-refractivity contribution >= 4 is 23.4 Å². The van der Waals surface area contributed by atoms with Gasteiger partial charge in [0, 0.05) is 37.2 Å². The first-order valence-electron chi connectivity index (χ1n) is 7.33. The highest BCUT2D eigenvalue weighted by Gasteiger charge is 2.07. The Hall–Kier alpha value is -2.37. The van der Waals surface area contributed by atoms with Crippen LogP contribution in [0.1, 0.15) is 44.0 Å². The molecule has 1 rings (SSSR count). The molecule has 0 unspecified atom stereocenters. The van der Waals surface area contributed by atoms with Crippen molar-refractivity contribution in [1.29, 1.82) is 0 Å². The Morgan fingerprint density at radius 2 is 1.73 bits per heavy atom. The van der Waals surface area contributed by atoms with Gasteiger partial charge in [0.05, 0.1) is 0 Å². The quantitative estimate of drug-likeness (QED) is 0.670. The zero-order chi connectivity index (χ0) is 16.5. The summed E-state index contributed by atoms with van der Waals surface area (Å²) < 4.78 is 0. The molecule has 0 aliphatic heterocycles. The minimum Gasteiger partial charge on any atom is -0.356 e. The van der Waals surface area contributed by atoms with Crippen LogP contribution in [-0.4, -0.2) is 30.3 Å². The van der Waals surface area contributed by atoms with E-state index in [1.807, 2.05) is 13.8 Å². The zero-order valence-corrected chi connectivity index (χ0v) is 13.2. The molecule has 0 fully saturated rings. The maximum atomic E-state index is 11.8. The average molecular weight is 305 g/mol. The van der Waals surface area contributed by atoms with Crippen molar-refractivity contribution in [1.82, 2.24) is 10.6 Å². The number of anilines is 1. The number of hydrogen-bond donors (Lipinski definition) is 3. The van der Waals surface area contributed by atoms with Gasteiger partial charge in [-0.15, -0.1) is 0 Å². The summed E-state index contributed by atoms with van der Waals surface area (Å²) in [5, 5.41) is 8.19. The van der Waals surface area contributed by atoms with E-state index in [0.717, 1.165) is 0 Å². The molecule has 120 valence electrons. The summed E-state index contributed by atoms with van der Waals surface area (Å²) in [7, 11) is 0. The van der Waals surface area contributed by atoms with Crippen molar-refractivity contribution in [3.63, 3.8) is 0 Å². The monoisotopic (exact) mass is 305 g/mol. The van der Waals surface area contributed by atoms with Gasteiger partial charge >= 0.3 is 0 Å². The van der Waals surface area contributed by atoms with Crippen molar-refractivity contribution in [2.75, 3.05) is 11.9 Å². The third-order valence-corrected chi connectivity index (χ3v) is 2.81. The number of rotatable bonds is 7. The molecule has 0 aliphatic carbocycles. The van der Waals surface area contributed by atoms with E-state index < -0.39 is 0 Å². The molecule has 6 nitrogen and oxygen atoms in total. The Morgan fingerprint density at radius 3 is 2.27 bits per heavy atom. The molecular formula is C16H23N3O3. The van der Waals surface area contributed by atoms with Crippen LogP contribution in [0.2, 0.25) is 0 Å². The molecule has 1 aromatic carbocycles. The van der Waals surface area contributed by atoms with Crippen molar-refractivity contribution in [3.05, 3.63) is 29.8 Å². The summed E-state index contributed by atoms with van der Waals surface area (Å²) in [5.41, 5.74) is 1.20. The van der Waals surface area contributed by atoms with E-state index in [4.69, 9.17) is 0 Å². The van der Waals surface area contributed by atoms with Gasteiger partial charge in [0.1, 0.15) is 0 Å². The topological polar surface area (TPSA) is 87.3 Å². The van der Waals surface area contributed by atoms with Gasteiger partial charge in [0.15, 0.2) is 0 Å². The van der Waals surface area contributed by atoms with Crippen LogP contribution >= 0.6 is 0 Å². The van der Waals surface area contributed by atoms with E-state index in [-0.39, 0.29) is 23.8 Å². The summed E-state index contributed by atoms with van der Waals surface area (Å²) in [6, 6.07) is 6.81. The second kappa shape index (κ2) is 8.81. The van der Waals surface area contributed by atoms with Gasteiger partial charge in [-0.1, -0.05) is 0 Å². The van der Waals surface area contributed by atoms with Gasteiger partial charge in [0.2, 0.25) is 11.8 Å². The molecule has 0 bridgehead atoms. The van der Waals surface area contributed by atoms with Crippen molar-refractivity contribution in [3.8, 4) is 0 Å². The maximum absolute atomic E-state index is 11.8. The Kier molecular flexibility index (Phi) is 7.08. The minimum atomic E-state index is -0.136. The third-order valence-electron chi connectivity index (χ3n) is 2.81. The fraction of sp³-hybridized carbons (Fsp3) is 0.438. The predicted molar refractivity (Wildman–Crippen MR) is 85.6 cm³/mol. The Balaban J connectivity index is 2.42. The van der Waals surface area contributed by atoms with Gasteiger partial charge in [-0.05, 0) is 44.5 Å². The van der Waals surface area contributed by atoms with Crippen molar-refractivity contribution in [2.45, 2.75) is 39.7 Å². The summed E-state index contributed by atoms with van der Waals surface area (Å²) in [5.74, 6) is -0.358. The summed E-state index contributed by atoms with van der Waals surface area (Å²) in [6.45, 7) is 5.72. The van der Waals surface area contributed by atoms with Gasteiger partial charge in [-0.3, -0.25) is 14.4 Å². The van der Waals surface area contributed by atoms with E-state index in [2.05, 4.69) is 16.0 Å². The normalized spacial score (nSPS) is 10.2. The second-order valence-electron chi connectivity index (χ2n) is 5.34. The lowest BCUT2D eigenvalue weighted by Gasteiger charge is -2.09. The molecule has 0 atom stereocenters. The molecule has 0 saturated carbocycles. The van der Waals surface area contributed by atoms with Gasteiger partial charge in [-0.2, -0.15) is 0 Å². The average Bonchev–Trinajstić information content (AvgIpc) is 2.43. The lowest BCUT2D eigenvalue weighted by atomic mass is 10.2. The lowest BCUT2D eigenvalue weighted by Crippen LogP contribution is -2.30. The van der Waals surface area contributed by atoms with Gasteiger partial charge in [0.25, 0.3) is 5.91 Å². The minimum absolute atomic E-state index is 0.0792. The standard InChI is InChI=1S/C16H23N3O3/c1-11(2)18-16(22)13-6-8-14(9-7-13)19-15(21)5-4-10-17-12(3)20/h6-9,11H,4-5,10H2,1-3H3,(H,17,20)(H,18,22)(H,19,21).